The number of hydrogen-bond acceptors (Lipinski definition) is 5. The van der Waals surface area contributed by atoms with Gasteiger partial charge in [0, 0.05) is 5.39 Å². The van der Waals surface area contributed by atoms with Crippen LogP contribution >= 0.6 is 0 Å². The topological polar surface area (TPSA) is 101 Å². The van der Waals surface area contributed by atoms with Crippen molar-refractivity contribution in [2.45, 2.75) is 32.2 Å². The number of fused-ring (bicyclic) bond motifs is 1. The van der Waals surface area contributed by atoms with Crippen molar-refractivity contribution in [2.24, 2.45) is 0 Å². The van der Waals surface area contributed by atoms with Crippen LogP contribution in [0.25, 0.3) is 10.9 Å². The highest BCUT2D eigenvalue weighted by atomic mass is 16.3. The number of benzene rings is 1. The van der Waals surface area contributed by atoms with Crippen LogP contribution in [-0.4, -0.2) is 33.1 Å². The summed E-state index contributed by atoms with van der Waals surface area (Å²) in [6.45, 7) is 3.67. The Hall–Kier alpha value is -2.21. The van der Waals surface area contributed by atoms with E-state index in [1.807, 2.05) is 19.1 Å². The summed E-state index contributed by atoms with van der Waals surface area (Å²) in [4.78, 5) is 20.7. The maximum atomic E-state index is 12.5. The van der Waals surface area contributed by atoms with Crippen LogP contribution in [0.1, 0.15) is 37.2 Å². The lowest BCUT2D eigenvalue weighted by molar-refractivity contribution is 0.0837. The number of anilines is 1. The Balaban J connectivity index is 2.39. The minimum absolute atomic E-state index is 0.0556. The summed E-state index contributed by atoms with van der Waals surface area (Å²) in [5.41, 5.74) is 5.84. The molecule has 0 fully saturated rings. The number of aromatic nitrogens is 2. The Labute approximate surface area is 123 Å². The maximum Gasteiger partial charge on any atom is 0.271 e. The normalized spacial score (nSPS) is 13.9. The van der Waals surface area contributed by atoms with Gasteiger partial charge in [0.2, 0.25) is 5.95 Å². The first-order valence-electron chi connectivity index (χ1n) is 6.95. The number of nitrogens with zero attached hydrogens (tertiary/aromatic N) is 2. The molecule has 21 heavy (non-hydrogen) atoms. The molecule has 0 saturated carbocycles. The van der Waals surface area contributed by atoms with Crippen molar-refractivity contribution in [2.75, 3.05) is 12.3 Å². The lowest BCUT2D eigenvalue weighted by Crippen LogP contribution is -2.49. The van der Waals surface area contributed by atoms with Crippen LogP contribution < -0.4 is 11.1 Å². The fraction of sp³-hybridized carbons (Fsp3) is 0.400. The Kier molecular flexibility index (Phi) is 4.37. The predicted molar refractivity (Wildman–Crippen MR) is 81.8 cm³/mol. The van der Waals surface area contributed by atoms with Crippen LogP contribution in [0.4, 0.5) is 5.95 Å². The van der Waals surface area contributed by atoms with Gasteiger partial charge in [-0.15, -0.1) is 0 Å². The second-order valence-corrected chi connectivity index (χ2v) is 5.37. The minimum Gasteiger partial charge on any atom is -0.394 e. The third-order valence-corrected chi connectivity index (χ3v) is 3.40. The number of nitrogens with one attached hydrogen (secondary N) is 1. The van der Waals surface area contributed by atoms with E-state index in [2.05, 4.69) is 15.3 Å². The average Bonchev–Trinajstić information content (AvgIpc) is 2.46. The van der Waals surface area contributed by atoms with Crippen LogP contribution in [0, 0.1) is 0 Å². The van der Waals surface area contributed by atoms with E-state index in [0.29, 0.717) is 17.3 Å². The van der Waals surface area contributed by atoms with E-state index in [4.69, 9.17) is 5.73 Å². The summed E-state index contributed by atoms with van der Waals surface area (Å²) in [5.74, 6) is -0.301. The number of hydrogen-bond donors (Lipinski definition) is 3. The number of rotatable bonds is 5. The van der Waals surface area contributed by atoms with Gasteiger partial charge in [-0.3, -0.25) is 4.79 Å². The third kappa shape index (κ3) is 3.28. The SMILES string of the molecule is CCCC(C)(CO)NC(=O)c1nc(N)nc2ccccc12. The molecule has 2 rings (SSSR count). The van der Waals surface area contributed by atoms with Crippen molar-refractivity contribution >= 4 is 22.8 Å². The van der Waals surface area contributed by atoms with Crippen molar-refractivity contribution < 1.29 is 9.90 Å². The van der Waals surface area contributed by atoms with Crippen LogP contribution in [-0.2, 0) is 0 Å². The molecule has 1 unspecified atom stereocenters. The van der Waals surface area contributed by atoms with Gasteiger partial charge < -0.3 is 16.2 Å². The minimum atomic E-state index is -0.674. The molecule has 4 N–H and O–H groups in total. The van der Waals surface area contributed by atoms with E-state index in [1.165, 1.54) is 0 Å². The van der Waals surface area contributed by atoms with Crippen molar-refractivity contribution in [3.05, 3.63) is 30.0 Å². The molecule has 1 atom stereocenters. The number of nitrogens with two attached hydrogens (primary N) is 1. The molecule has 0 aliphatic heterocycles. The number of para-hydroxylation sites is 1. The molecule has 2 aromatic rings. The summed E-state index contributed by atoms with van der Waals surface area (Å²) in [6.07, 6.45) is 1.53. The van der Waals surface area contributed by atoms with E-state index < -0.39 is 5.54 Å². The lowest BCUT2D eigenvalue weighted by Gasteiger charge is -2.28. The second kappa shape index (κ2) is 6.05. The zero-order valence-corrected chi connectivity index (χ0v) is 12.3. The molecule has 1 heterocycles. The Morgan fingerprint density at radius 2 is 2.10 bits per heavy atom. The van der Waals surface area contributed by atoms with Crippen molar-refractivity contribution in [3.8, 4) is 0 Å². The van der Waals surface area contributed by atoms with Gasteiger partial charge in [0.25, 0.3) is 5.91 Å². The van der Waals surface area contributed by atoms with Gasteiger partial charge >= 0.3 is 0 Å². The van der Waals surface area contributed by atoms with Gasteiger partial charge in [0.15, 0.2) is 0 Å². The van der Waals surface area contributed by atoms with Crippen LogP contribution in [0.5, 0.6) is 0 Å². The molecule has 1 aromatic carbocycles. The Morgan fingerprint density at radius 3 is 2.76 bits per heavy atom. The van der Waals surface area contributed by atoms with Gasteiger partial charge in [-0.2, -0.15) is 0 Å². The largest absolute Gasteiger partial charge is 0.394 e. The van der Waals surface area contributed by atoms with Gasteiger partial charge in [-0.1, -0.05) is 31.5 Å². The maximum absolute atomic E-state index is 12.5. The first-order chi connectivity index (χ1) is 9.99. The fourth-order valence-corrected chi connectivity index (χ4v) is 2.33. The van der Waals surface area contributed by atoms with E-state index in [0.717, 1.165) is 6.42 Å². The molecule has 1 aromatic heterocycles. The highest BCUT2D eigenvalue weighted by molar-refractivity contribution is 6.04. The summed E-state index contributed by atoms with van der Waals surface area (Å²) >= 11 is 0. The molecule has 0 bridgehead atoms. The number of nitrogen functional groups attached to an aromatic ring is 1. The molecule has 0 spiro atoms. The van der Waals surface area contributed by atoms with Crippen LogP contribution in [0.3, 0.4) is 0 Å². The predicted octanol–water partition coefficient (Wildman–Crippen LogP) is 1.49. The van der Waals surface area contributed by atoms with Gasteiger partial charge in [-0.25, -0.2) is 9.97 Å². The number of carbonyl (C=O) groups excluding carboxylic acids is 1. The van der Waals surface area contributed by atoms with Gasteiger partial charge in [-0.05, 0) is 19.4 Å². The van der Waals surface area contributed by atoms with E-state index >= 15 is 0 Å². The highest BCUT2D eigenvalue weighted by Gasteiger charge is 2.26. The van der Waals surface area contributed by atoms with Crippen molar-refractivity contribution in [3.63, 3.8) is 0 Å². The number of aliphatic hydroxyl groups excluding tert-OH is 1. The smallest absolute Gasteiger partial charge is 0.271 e. The molecule has 6 heteroatoms. The molecule has 0 aliphatic rings. The zero-order chi connectivity index (χ0) is 15.5. The second-order valence-electron chi connectivity index (χ2n) is 5.37. The van der Waals surface area contributed by atoms with Crippen molar-refractivity contribution in [1.29, 1.82) is 0 Å². The number of aliphatic hydroxyl groups is 1. The molecular weight excluding hydrogens is 268 g/mol. The molecule has 0 aliphatic carbocycles. The monoisotopic (exact) mass is 288 g/mol. The zero-order valence-electron chi connectivity index (χ0n) is 12.3. The Bertz CT molecular complexity index is 659. The van der Waals surface area contributed by atoms with Gasteiger partial charge in [0.05, 0.1) is 17.7 Å². The summed E-state index contributed by atoms with van der Waals surface area (Å²) in [6, 6.07) is 7.20. The number of carbonyl (C=O) groups is 1. The van der Waals surface area contributed by atoms with Crippen LogP contribution in [0.2, 0.25) is 0 Å². The molecule has 0 saturated heterocycles. The first kappa shape index (κ1) is 15.2. The highest BCUT2D eigenvalue weighted by Crippen LogP contribution is 2.18. The molecule has 6 nitrogen and oxygen atoms in total. The van der Waals surface area contributed by atoms with E-state index in [9.17, 15) is 9.90 Å². The molecule has 1 amide bonds. The van der Waals surface area contributed by atoms with E-state index in [1.54, 1.807) is 19.1 Å². The van der Waals surface area contributed by atoms with Crippen LogP contribution in [0.15, 0.2) is 24.3 Å². The molecule has 0 radical (unpaired) electrons. The third-order valence-electron chi connectivity index (χ3n) is 3.40. The van der Waals surface area contributed by atoms with Crippen molar-refractivity contribution in [1.82, 2.24) is 15.3 Å². The quantitative estimate of drug-likeness (QED) is 0.774. The number of amides is 1. The Morgan fingerprint density at radius 1 is 1.38 bits per heavy atom. The first-order valence-corrected chi connectivity index (χ1v) is 6.95. The summed E-state index contributed by atoms with van der Waals surface area (Å²) in [7, 11) is 0. The standard InChI is InChI=1S/C15H20N4O2/c1-3-8-15(2,9-20)19-13(21)12-10-6-4-5-7-11(10)17-14(16)18-12/h4-7,20H,3,8-9H2,1-2H3,(H,19,21)(H2,16,17,18). The van der Waals surface area contributed by atoms with E-state index in [-0.39, 0.29) is 24.2 Å². The fourth-order valence-electron chi connectivity index (χ4n) is 2.33. The molecular formula is C15H20N4O2. The van der Waals surface area contributed by atoms with Gasteiger partial charge in [0.1, 0.15) is 5.69 Å². The molecule has 112 valence electrons. The average molecular weight is 288 g/mol. The summed E-state index contributed by atoms with van der Waals surface area (Å²) < 4.78 is 0. The summed E-state index contributed by atoms with van der Waals surface area (Å²) in [5, 5.41) is 13.0. The lowest BCUT2D eigenvalue weighted by atomic mass is 9.97.